The third kappa shape index (κ3) is 2.88. The zero-order chi connectivity index (χ0) is 13.1. The third-order valence-electron chi connectivity index (χ3n) is 2.54. The minimum Gasteiger partial charge on any atom is -0.308 e. The normalized spacial score (nSPS) is 10.9. The molecule has 0 radical (unpaired) electrons. The molecular weight excluding hydrogens is 261 g/mol. The lowest BCUT2D eigenvalue weighted by Gasteiger charge is -2.06. The Morgan fingerprint density at radius 3 is 2.50 bits per heavy atom. The number of aromatic nitrogens is 1. The van der Waals surface area contributed by atoms with Crippen LogP contribution in [0.3, 0.4) is 0 Å². The summed E-state index contributed by atoms with van der Waals surface area (Å²) in [5, 5.41) is 2.97. The van der Waals surface area contributed by atoms with Crippen LogP contribution in [0.25, 0.3) is 0 Å². The van der Waals surface area contributed by atoms with Gasteiger partial charge < -0.3 is 5.32 Å². The topological polar surface area (TPSA) is 24.9 Å². The van der Waals surface area contributed by atoms with Crippen molar-refractivity contribution in [1.29, 1.82) is 0 Å². The number of hydrogen-bond donors (Lipinski definition) is 1. The average Bonchev–Trinajstić information content (AvgIpc) is 2.72. The summed E-state index contributed by atoms with van der Waals surface area (Å²) in [5.41, 5.74) is 2.75. The number of aryl methyl sites for hydroxylation is 1. The summed E-state index contributed by atoms with van der Waals surface area (Å²) < 4.78 is 39.0. The molecule has 1 heterocycles. The maximum absolute atomic E-state index is 13.3. The summed E-state index contributed by atoms with van der Waals surface area (Å²) in [6.45, 7) is 2.54. The molecule has 0 fully saturated rings. The second kappa shape index (κ2) is 5.49. The Morgan fingerprint density at radius 1 is 1.11 bits per heavy atom. The van der Waals surface area contributed by atoms with E-state index in [2.05, 4.69) is 10.3 Å². The first-order chi connectivity index (χ1) is 8.58. The van der Waals surface area contributed by atoms with Crippen LogP contribution in [-0.4, -0.2) is 4.98 Å². The standard InChI is InChI=1S/C12H11F3N2S/c1-7-12(18-6-17-7)5-16-4-8-2-10(14)11(15)3-9(8)13/h2-3,6,16H,4-5H2,1H3. The Bertz CT molecular complexity index is 554. The molecule has 1 aromatic carbocycles. The van der Waals surface area contributed by atoms with Crippen LogP contribution in [0.2, 0.25) is 0 Å². The van der Waals surface area contributed by atoms with Crippen molar-refractivity contribution in [1.82, 2.24) is 10.3 Å². The zero-order valence-corrected chi connectivity index (χ0v) is 10.5. The third-order valence-corrected chi connectivity index (χ3v) is 3.47. The number of nitrogens with one attached hydrogen (secondary N) is 1. The van der Waals surface area contributed by atoms with E-state index in [9.17, 15) is 13.2 Å². The Hall–Kier alpha value is -1.40. The fourth-order valence-corrected chi connectivity index (χ4v) is 2.25. The molecule has 0 atom stereocenters. The molecule has 0 bridgehead atoms. The lowest BCUT2D eigenvalue weighted by Crippen LogP contribution is -2.14. The van der Waals surface area contributed by atoms with Crippen molar-refractivity contribution in [2.45, 2.75) is 20.0 Å². The molecule has 18 heavy (non-hydrogen) atoms. The van der Waals surface area contributed by atoms with Gasteiger partial charge in [-0.2, -0.15) is 0 Å². The molecule has 0 saturated heterocycles. The second-order valence-electron chi connectivity index (χ2n) is 3.82. The minimum absolute atomic E-state index is 0.107. The molecule has 1 N–H and O–H groups in total. The maximum atomic E-state index is 13.3. The quantitative estimate of drug-likeness (QED) is 0.865. The van der Waals surface area contributed by atoms with E-state index >= 15 is 0 Å². The molecule has 2 aromatic rings. The molecule has 96 valence electrons. The van der Waals surface area contributed by atoms with Gasteiger partial charge in [0.15, 0.2) is 11.6 Å². The second-order valence-corrected chi connectivity index (χ2v) is 4.76. The van der Waals surface area contributed by atoms with Crippen LogP contribution >= 0.6 is 11.3 Å². The van der Waals surface area contributed by atoms with E-state index in [4.69, 9.17) is 0 Å². The summed E-state index contributed by atoms with van der Waals surface area (Å²) in [4.78, 5) is 5.12. The number of hydrogen-bond acceptors (Lipinski definition) is 3. The van der Waals surface area contributed by atoms with Gasteiger partial charge in [-0.3, -0.25) is 0 Å². The van der Waals surface area contributed by atoms with Gasteiger partial charge in [0.25, 0.3) is 0 Å². The van der Waals surface area contributed by atoms with E-state index < -0.39 is 17.5 Å². The van der Waals surface area contributed by atoms with E-state index in [1.165, 1.54) is 11.3 Å². The highest BCUT2D eigenvalue weighted by Gasteiger charge is 2.09. The smallest absolute Gasteiger partial charge is 0.161 e. The largest absolute Gasteiger partial charge is 0.308 e. The predicted molar refractivity (Wildman–Crippen MR) is 63.7 cm³/mol. The van der Waals surface area contributed by atoms with Crippen molar-refractivity contribution in [3.63, 3.8) is 0 Å². The van der Waals surface area contributed by atoms with Gasteiger partial charge in [0.2, 0.25) is 0 Å². The summed E-state index contributed by atoms with van der Waals surface area (Å²) in [6, 6.07) is 1.43. The minimum atomic E-state index is -1.17. The van der Waals surface area contributed by atoms with Crippen LogP contribution in [0.15, 0.2) is 17.6 Å². The molecule has 1 aromatic heterocycles. The molecule has 6 heteroatoms. The SMILES string of the molecule is Cc1ncsc1CNCc1cc(F)c(F)cc1F. The highest BCUT2D eigenvalue weighted by Crippen LogP contribution is 2.15. The van der Waals surface area contributed by atoms with Crippen LogP contribution in [-0.2, 0) is 13.1 Å². The first kappa shape index (κ1) is 13.0. The Balaban J connectivity index is 1.99. The molecule has 0 aliphatic carbocycles. The first-order valence-corrected chi connectivity index (χ1v) is 6.19. The number of benzene rings is 1. The van der Waals surface area contributed by atoms with Gasteiger partial charge >= 0.3 is 0 Å². The fraction of sp³-hybridized carbons (Fsp3) is 0.250. The van der Waals surface area contributed by atoms with Gasteiger partial charge in [0, 0.05) is 29.6 Å². The summed E-state index contributed by atoms with van der Waals surface area (Å²) in [6.07, 6.45) is 0. The van der Waals surface area contributed by atoms with Gasteiger partial charge in [-0.05, 0) is 13.0 Å². The molecule has 0 aliphatic rings. The Kier molecular flexibility index (Phi) is 3.98. The maximum Gasteiger partial charge on any atom is 0.161 e. The Morgan fingerprint density at radius 2 is 1.83 bits per heavy atom. The molecule has 0 aliphatic heterocycles. The van der Waals surface area contributed by atoms with Crippen LogP contribution in [0, 0.1) is 24.4 Å². The van der Waals surface area contributed by atoms with Crippen molar-refractivity contribution < 1.29 is 13.2 Å². The van der Waals surface area contributed by atoms with Crippen LogP contribution in [0.4, 0.5) is 13.2 Å². The van der Waals surface area contributed by atoms with Crippen molar-refractivity contribution >= 4 is 11.3 Å². The fourth-order valence-electron chi connectivity index (χ4n) is 1.51. The van der Waals surface area contributed by atoms with Crippen molar-refractivity contribution in [2.75, 3.05) is 0 Å². The zero-order valence-electron chi connectivity index (χ0n) is 9.64. The van der Waals surface area contributed by atoms with Crippen LogP contribution in [0.1, 0.15) is 16.1 Å². The Labute approximate surface area is 106 Å². The monoisotopic (exact) mass is 272 g/mol. The number of halogens is 3. The van der Waals surface area contributed by atoms with E-state index in [0.717, 1.165) is 16.6 Å². The van der Waals surface area contributed by atoms with Gasteiger partial charge in [-0.15, -0.1) is 11.3 Å². The van der Waals surface area contributed by atoms with Crippen LogP contribution < -0.4 is 5.32 Å². The first-order valence-electron chi connectivity index (χ1n) is 5.31. The molecule has 0 unspecified atom stereocenters. The molecule has 2 rings (SSSR count). The lowest BCUT2D eigenvalue weighted by molar-refractivity contribution is 0.487. The van der Waals surface area contributed by atoms with E-state index in [-0.39, 0.29) is 12.1 Å². The molecule has 0 amide bonds. The van der Waals surface area contributed by atoms with E-state index in [0.29, 0.717) is 12.6 Å². The number of thiazole rings is 1. The predicted octanol–water partition coefficient (Wildman–Crippen LogP) is 3.16. The summed E-state index contributed by atoms with van der Waals surface area (Å²) >= 11 is 1.49. The summed E-state index contributed by atoms with van der Waals surface area (Å²) in [5.74, 6) is -2.96. The van der Waals surface area contributed by atoms with Crippen molar-refractivity contribution in [3.05, 3.63) is 51.2 Å². The van der Waals surface area contributed by atoms with Crippen molar-refractivity contribution in [2.24, 2.45) is 0 Å². The van der Waals surface area contributed by atoms with Gasteiger partial charge in [0.05, 0.1) is 11.2 Å². The molecule has 0 spiro atoms. The van der Waals surface area contributed by atoms with E-state index in [1.54, 1.807) is 5.51 Å². The highest BCUT2D eigenvalue weighted by atomic mass is 32.1. The van der Waals surface area contributed by atoms with Gasteiger partial charge in [-0.1, -0.05) is 0 Å². The van der Waals surface area contributed by atoms with Gasteiger partial charge in [-0.25, -0.2) is 18.2 Å². The number of rotatable bonds is 4. The highest BCUT2D eigenvalue weighted by molar-refractivity contribution is 7.09. The van der Waals surface area contributed by atoms with Gasteiger partial charge in [0.1, 0.15) is 5.82 Å². The van der Waals surface area contributed by atoms with E-state index in [1.807, 2.05) is 6.92 Å². The molecular formula is C12H11F3N2S. The van der Waals surface area contributed by atoms with Crippen LogP contribution in [0.5, 0.6) is 0 Å². The average molecular weight is 272 g/mol. The summed E-state index contributed by atoms with van der Waals surface area (Å²) in [7, 11) is 0. The number of nitrogens with zero attached hydrogens (tertiary/aromatic N) is 1. The lowest BCUT2D eigenvalue weighted by atomic mass is 10.2. The molecule has 0 saturated carbocycles. The molecule has 2 nitrogen and oxygen atoms in total. The van der Waals surface area contributed by atoms with Crippen molar-refractivity contribution in [3.8, 4) is 0 Å².